The van der Waals surface area contributed by atoms with Crippen LogP contribution in [0.25, 0.3) is 0 Å². The zero-order valence-electron chi connectivity index (χ0n) is 11.8. The molecule has 2 fully saturated rings. The topological polar surface area (TPSA) is 61.8 Å². The average molecular weight is 270 g/mol. The lowest BCUT2D eigenvalue weighted by atomic mass is 9.91. The Morgan fingerprint density at radius 2 is 2.05 bits per heavy atom. The van der Waals surface area contributed by atoms with Crippen LogP contribution in [0.4, 0.5) is 0 Å². The van der Waals surface area contributed by atoms with Crippen molar-refractivity contribution in [3.05, 3.63) is 0 Å². The van der Waals surface area contributed by atoms with Crippen LogP contribution in [0.2, 0.25) is 0 Å². The van der Waals surface area contributed by atoms with Crippen molar-refractivity contribution in [3.8, 4) is 0 Å². The first kappa shape index (κ1) is 14.3. The van der Waals surface area contributed by atoms with E-state index < -0.39 is 11.4 Å². The number of hydrogen-bond donors (Lipinski definition) is 0. The highest BCUT2D eigenvalue weighted by atomic mass is 16.6. The van der Waals surface area contributed by atoms with Crippen molar-refractivity contribution < 1.29 is 23.8 Å². The van der Waals surface area contributed by atoms with Gasteiger partial charge in [0, 0.05) is 6.42 Å². The fourth-order valence-electron chi connectivity index (χ4n) is 2.38. The van der Waals surface area contributed by atoms with E-state index >= 15 is 0 Å². The van der Waals surface area contributed by atoms with E-state index in [1.165, 1.54) is 0 Å². The van der Waals surface area contributed by atoms with Gasteiger partial charge < -0.3 is 14.2 Å². The van der Waals surface area contributed by atoms with Gasteiger partial charge in [-0.3, -0.25) is 4.79 Å². The lowest BCUT2D eigenvalue weighted by Crippen LogP contribution is -2.32. The summed E-state index contributed by atoms with van der Waals surface area (Å²) < 4.78 is 15.9. The molecule has 0 aromatic rings. The predicted molar refractivity (Wildman–Crippen MR) is 67.4 cm³/mol. The molecule has 5 nitrogen and oxygen atoms in total. The van der Waals surface area contributed by atoms with Crippen LogP contribution in [0, 0.1) is 5.41 Å². The molecule has 0 aromatic heterocycles. The summed E-state index contributed by atoms with van der Waals surface area (Å²) in [6.45, 7) is 5.19. The van der Waals surface area contributed by atoms with Crippen molar-refractivity contribution in [2.45, 2.75) is 64.8 Å². The van der Waals surface area contributed by atoms with Crippen molar-refractivity contribution in [1.82, 2.24) is 0 Å². The highest BCUT2D eigenvalue weighted by Gasteiger charge is 2.43. The van der Waals surface area contributed by atoms with Crippen LogP contribution in [-0.2, 0) is 23.8 Å². The summed E-state index contributed by atoms with van der Waals surface area (Å²) in [4.78, 5) is 23.4. The normalized spacial score (nSPS) is 29.3. The molecule has 3 unspecified atom stereocenters. The Kier molecular flexibility index (Phi) is 4.13. The van der Waals surface area contributed by atoms with Crippen molar-refractivity contribution in [2.24, 2.45) is 5.41 Å². The molecule has 0 amide bonds. The van der Waals surface area contributed by atoms with Crippen LogP contribution in [-0.4, -0.2) is 36.9 Å². The van der Waals surface area contributed by atoms with Gasteiger partial charge in [0.05, 0.1) is 17.6 Å². The quantitative estimate of drug-likeness (QED) is 0.713. The first-order valence-electron chi connectivity index (χ1n) is 6.94. The Morgan fingerprint density at radius 1 is 1.32 bits per heavy atom. The van der Waals surface area contributed by atoms with E-state index in [-0.39, 0.29) is 30.9 Å². The fraction of sp³-hybridized carbons (Fsp3) is 0.857. The lowest BCUT2D eigenvalue weighted by molar-refractivity contribution is -0.168. The van der Waals surface area contributed by atoms with Gasteiger partial charge in [-0.25, -0.2) is 4.79 Å². The summed E-state index contributed by atoms with van der Waals surface area (Å²) >= 11 is 0. The van der Waals surface area contributed by atoms with Gasteiger partial charge in [0.25, 0.3) is 0 Å². The monoisotopic (exact) mass is 270 g/mol. The Bertz CT molecular complexity index is 363. The maximum atomic E-state index is 11.7. The number of esters is 2. The predicted octanol–water partition coefficient (Wildman–Crippen LogP) is 1.83. The van der Waals surface area contributed by atoms with Gasteiger partial charge in [0.1, 0.15) is 6.10 Å². The molecule has 108 valence electrons. The number of fused-ring (bicyclic) bond motifs is 2. The molecule has 3 atom stereocenters. The Hall–Kier alpha value is -1.10. The van der Waals surface area contributed by atoms with E-state index in [4.69, 9.17) is 14.2 Å². The zero-order chi connectivity index (χ0) is 14.0. The minimum absolute atomic E-state index is 0.0386. The lowest BCUT2D eigenvalue weighted by Gasteiger charge is -2.21. The number of hydrogen-bond acceptors (Lipinski definition) is 5. The molecule has 2 aliphatic rings. The van der Waals surface area contributed by atoms with Gasteiger partial charge in [0.2, 0.25) is 0 Å². The molecule has 0 spiro atoms. The molecule has 5 heteroatoms. The maximum absolute atomic E-state index is 11.7. The molecule has 2 heterocycles. The smallest absolute Gasteiger partial charge is 0.344 e. The van der Waals surface area contributed by atoms with Crippen molar-refractivity contribution >= 4 is 11.9 Å². The van der Waals surface area contributed by atoms with Crippen LogP contribution in [0.1, 0.15) is 46.5 Å². The summed E-state index contributed by atoms with van der Waals surface area (Å²) in [6, 6.07) is 0. The van der Waals surface area contributed by atoms with Crippen LogP contribution in [0.3, 0.4) is 0 Å². The molecule has 2 rings (SSSR count). The molecule has 2 bridgehead atoms. The first-order chi connectivity index (χ1) is 8.92. The second-order valence-electron chi connectivity index (χ2n) is 5.95. The standard InChI is InChI=1S/C14H22O5/c1-4-14(2,3)13(16)17-8-12(15)19-11-7-9-5-6-10(11)18-9/h9-11H,4-8H2,1-3H3. The summed E-state index contributed by atoms with van der Waals surface area (Å²) in [5.74, 6) is -0.849. The summed E-state index contributed by atoms with van der Waals surface area (Å²) in [5.41, 5.74) is -0.560. The second kappa shape index (κ2) is 5.49. The Labute approximate surface area is 113 Å². The largest absolute Gasteiger partial charge is 0.457 e. The molecule has 0 N–H and O–H groups in total. The first-order valence-corrected chi connectivity index (χ1v) is 6.94. The molecule has 0 saturated carbocycles. The van der Waals surface area contributed by atoms with E-state index in [2.05, 4.69) is 0 Å². The van der Waals surface area contributed by atoms with E-state index in [0.29, 0.717) is 6.42 Å². The molecular formula is C14H22O5. The fourth-order valence-corrected chi connectivity index (χ4v) is 2.38. The van der Waals surface area contributed by atoms with Crippen LogP contribution in [0.5, 0.6) is 0 Å². The third-order valence-electron chi connectivity index (χ3n) is 4.09. The maximum Gasteiger partial charge on any atom is 0.344 e. The average Bonchev–Trinajstić information content (AvgIpc) is 2.98. The summed E-state index contributed by atoms with van der Waals surface area (Å²) in [7, 11) is 0. The van der Waals surface area contributed by atoms with Crippen LogP contribution in [0.15, 0.2) is 0 Å². The molecule has 0 radical (unpaired) electrons. The van der Waals surface area contributed by atoms with Gasteiger partial charge in [-0.05, 0) is 33.1 Å². The van der Waals surface area contributed by atoms with Gasteiger partial charge in [-0.2, -0.15) is 0 Å². The Morgan fingerprint density at radius 3 is 2.58 bits per heavy atom. The molecular weight excluding hydrogens is 248 g/mol. The third kappa shape index (κ3) is 3.26. The summed E-state index contributed by atoms with van der Waals surface area (Å²) in [5, 5.41) is 0. The Balaban J connectivity index is 1.72. The van der Waals surface area contributed by atoms with Crippen molar-refractivity contribution in [3.63, 3.8) is 0 Å². The van der Waals surface area contributed by atoms with Crippen molar-refractivity contribution in [1.29, 1.82) is 0 Å². The number of carbonyl (C=O) groups excluding carboxylic acids is 2. The van der Waals surface area contributed by atoms with E-state index in [0.717, 1.165) is 19.3 Å². The summed E-state index contributed by atoms with van der Waals surface area (Å²) in [6.07, 6.45) is 3.56. The number of carbonyl (C=O) groups is 2. The zero-order valence-corrected chi connectivity index (χ0v) is 11.8. The van der Waals surface area contributed by atoms with Crippen LogP contribution >= 0.6 is 0 Å². The van der Waals surface area contributed by atoms with E-state index in [1.54, 1.807) is 13.8 Å². The van der Waals surface area contributed by atoms with Gasteiger partial charge in [-0.15, -0.1) is 0 Å². The molecule has 2 aliphatic heterocycles. The number of rotatable bonds is 5. The van der Waals surface area contributed by atoms with Crippen molar-refractivity contribution in [2.75, 3.05) is 6.61 Å². The molecule has 19 heavy (non-hydrogen) atoms. The van der Waals surface area contributed by atoms with Gasteiger partial charge >= 0.3 is 11.9 Å². The number of ether oxygens (including phenoxy) is 3. The minimum Gasteiger partial charge on any atom is -0.457 e. The second-order valence-corrected chi connectivity index (χ2v) is 5.95. The minimum atomic E-state index is -0.560. The van der Waals surface area contributed by atoms with E-state index in [9.17, 15) is 9.59 Å². The molecule has 0 aliphatic carbocycles. The van der Waals surface area contributed by atoms with Gasteiger partial charge in [0.15, 0.2) is 6.61 Å². The molecule has 2 saturated heterocycles. The third-order valence-corrected chi connectivity index (χ3v) is 4.09. The van der Waals surface area contributed by atoms with Gasteiger partial charge in [-0.1, -0.05) is 6.92 Å². The highest BCUT2D eigenvalue weighted by molar-refractivity contribution is 5.79. The van der Waals surface area contributed by atoms with E-state index in [1.807, 2.05) is 6.92 Å². The highest BCUT2D eigenvalue weighted by Crippen LogP contribution is 2.36. The molecule has 0 aromatic carbocycles. The SMILES string of the molecule is CCC(C)(C)C(=O)OCC(=O)OC1CC2CCC1O2. The van der Waals surface area contributed by atoms with Crippen LogP contribution < -0.4 is 0 Å².